The van der Waals surface area contributed by atoms with Crippen LogP contribution in [0.5, 0.6) is 0 Å². The first-order chi connectivity index (χ1) is 12.3. The average Bonchev–Trinajstić information content (AvgIpc) is 3.33. The Balaban J connectivity index is 1.59. The molecule has 0 saturated heterocycles. The van der Waals surface area contributed by atoms with E-state index in [1.165, 1.54) is 11.1 Å². The molecule has 25 heavy (non-hydrogen) atoms. The van der Waals surface area contributed by atoms with Crippen molar-refractivity contribution in [3.05, 3.63) is 77.4 Å². The number of amides is 1. The highest BCUT2D eigenvalue weighted by Gasteiger charge is 2.24. The zero-order valence-electron chi connectivity index (χ0n) is 13.5. The Labute approximate surface area is 144 Å². The zero-order chi connectivity index (χ0) is 16.8. The number of fused-ring (bicyclic) bond motifs is 2. The molecular formula is C20H16N4O. The van der Waals surface area contributed by atoms with Crippen LogP contribution >= 0.6 is 0 Å². The van der Waals surface area contributed by atoms with E-state index in [4.69, 9.17) is 0 Å². The molecule has 0 saturated carbocycles. The SMILES string of the molecule is O=C1NCc2c(-c3cnc4[nH]cc(Cc5ccccc5)c4c3)c[nH]c21. The lowest BCUT2D eigenvalue weighted by Gasteiger charge is -2.04. The second kappa shape index (κ2) is 5.34. The molecule has 5 nitrogen and oxygen atoms in total. The number of pyridine rings is 1. The summed E-state index contributed by atoms with van der Waals surface area (Å²) in [7, 11) is 0. The van der Waals surface area contributed by atoms with Gasteiger partial charge in [-0.05, 0) is 23.6 Å². The monoisotopic (exact) mass is 328 g/mol. The minimum absolute atomic E-state index is 0.0401. The number of carbonyl (C=O) groups excluding carboxylic acids is 1. The summed E-state index contributed by atoms with van der Waals surface area (Å²) in [4.78, 5) is 22.7. The molecule has 0 atom stereocenters. The minimum atomic E-state index is -0.0401. The molecule has 3 N–H and O–H groups in total. The van der Waals surface area contributed by atoms with Gasteiger partial charge in [-0.2, -0.15) is 0 Å². The van der Waals surface area contributed by atoms with Crippen molar-refractivity contribution in [2.75, 3.05) is 0 Å². The summed E-state index contributed by atoms with van der Waals surface area (Å²) in [5.74, 6) is -0.0401. The Morgan fingerprint density at radius 3 is 2.84 bits per heavy atom. The van der Waals surface area contributed by atoms with E-state index in [-0.39, 0.29) is 5.91 Å². The zero-order valence-corrected chi connectivity index (χ0v) is 13.5. The van der Waals surface area contributed by atoms with Crippen LogP contribution in [0, 0.1) is 0 Å². The third-order valence-corrected chi connectivity index (χ3v) is 4.81. The van der Waals surface area contributed by atoms with Crippen LogP contribution in [0.3, 0.4) is 0 Å². The summed E-state index contributed by atoms with van der Waals surface area (Å²) in [6, 6.07) is 12.6. The first-order valence-corrected chi connectivity index (χ1v) is 8.28. The Bertz CT molecular complexity index is 1090. The number of nitrogens with one attached hydrogen (secondary N) is 3. The fourth-order valence-corrected chi connectivity index (χ4v) is 3.52. The molecule has 3 aromatic heterocycles. The van der Waals surface area contributed by atoms with Gasteiger partial charge in [-0.1, -0.05) is 30.3 Å². The van der Waals surface area contributed by atoms with Gasteiger partial charge in [-0.3, -0.25) is 4.79 Å². The van der Waals surface area contributed by atoms with Crippen LogP contribution in [0.15, 0.2) is 55.0 Å². The van der Waals surface area contributed by atoms with E-state index >= 15 is 0 Å². The van der Waals surface area contributed by atoms with Crippen molar-refractivity contribution in [2.24, 2.45) is 0 Å². The van der Waals surface area contributed by atoms with Gasteiger partial charge in [-0.15, -0.1) is 0 Å². The van der Waals surface area contributed by atoms with Gasteiger partial charge >= 0.3 is 0 Å². The van der Waals surface area contributed by atoms with E-state index < -0.39 is 0 Å². The standard InChI is InChI=1S/C20H16N4O/c25-20-18-17(11-24-20)16(10-21-18)14-7-15-13(8-22-19(15)23-9-14)6-12-4-2-1-3-5-12/h1-5,7-10,21H,6,11H2,(H,22,23)(H,24,25). The lowest BCUT2D eigenvalue weighted by molar-refractivity contribution is 0.0961. The van der Waals surface area contributed by atoms with Gasteiger partial charge in [0.1, 0.15) is 11.3 Å². The maximum absolute atomic E-state index is 11.8. The Kier molecular flexibility index (Phi) is 3.00. The van der Waals surface area contributed by atoms with Crippen LogP contribution in [0.1, 0.15) is 27.2 Å². The number of benzene rings is 1. The van der Waals surface area contributed by atoms with E-state index in [2.05, 4.69) is 50.6 Å². The normalized spacial score (nSPS) is 13.2. The molecule has 0 spiro atoms. The lowest BCUT2D eigenvalue weighted by atomic mass is 10.0. The summed E-state index contributed by atoms with van der Waals surface area (Å²) in [6.45, 7) is 0.565. The molecule has 0 aliphatic carbocycles. The van der Waals surface area contributed by atoms with Crippen molar-refractivity contribution in [1.82, 2.24) is 20.3 Å². The molecule has 5 heteroatoms. The quantitative estimate of drug-likeness (QED) is 0.539. The summed E-state index contributed by atoms with van der Waals surface area (Å²) in [5, 5.41) is 3.97. The highest BCUT2D eigenvalue weighted by atomic mass is 16.2. The number of aromatic nitrogens is 3. The van der Waals surface area contributed by atoms with E-state index in [0.29, 0.717) is 12.2 Å². The summed E-state index contributed by atoms with van der Waals surface area (Å²) < 4.78 is 0. The number of hydrogen-bond acceptors (Lipinski definition) is 2. The molecule has 0 fully saturated rings. The molecule has 0 unspecified atom stereocenters. The summed E-state index contributed by atoms with van der Waals surface area (Å²) >= 11 is 0. The molecule has 1 aromatic carbocycles. The Morgan fingerprint density at radius 2 is 1.96 bits per heavy atom. The molecule has 1 amide bonds. The van der Waals surface area contributed by atoms with Gasteiger partial charge in [-0.25, -0.2) is 4.98 Å². The largest absolute Gasteiger partial charge is 0.356 e. The number of rotatable bonds is 3. The topological polar surface area (TPSA) is 73.6 Å². The Morgan fingerprint density at radius 1 is 1.08 bits per heavy atom. The number of hydrogen-bond donors (Lipinski definition) is 3. The van der Waals surface area contributed by atoms with E-state index in [1.807, 2.05) is 24.7 Å². The predicted molar refractivity (Wildman–Crippen MR) is 96.3 cm³/mol. The van der Waals surface area contributed by atoms with E-state index in [1.54, 1.807) is 0 Å². The second-order valence-corrected chi connectivity index (χ2v) is 6.34. The fraction of sp³-hybridized carbons (Fsp3) is 0.100. The molecule has 5 rings (SSSR count). The summed E-state index contributed by atoms with van der Waals surface area (Å²) in [5.41, 5.74) is 7.11. The van der Waals surface area contributed by atoms with Crippen molar-refractivity contribution < 1.29 is 4.79 Å². The minimum Gasteiger partial charge on any atom is -0.356 e. The smallest absolute Gasteiger partial charge is 0.268 e. The molecule has 4 aromatic rings. The van der Waals surface area contributed by atoms with Crippen LogP contribution in [0.25, 0.3) is 22.2 Å². The number of carbonyl (C=O) groups is 1. The van der Waals surface area contributed by atoms with Gasteiger partial charge in [0, 0.05) is 47.2 Å². The van der Waals surface area contributed by atoms with Gasteiger partial charge < -0.3 is 15.3 Å². The number of nitrogens with zero attached hydrogens (tertiary/aromatic N) is 1. The molecule has 0 bridgehead atoms. The van der Waals surface area contributed by atoms with Crippen LogP contribution in [0.4, 0.5) is 0 Å². The van der Waals surface area contributed by atoms with Crippen molar-refractivity contribution in [3.63, 3.8) is 0 Å². The maximum Gasteiger partial charge on any atom is 0.268 e. The van der Waals surface area contributed by atoms with Crippen molar-refractivity contribution in [2.45, 2.75) is 13.0 Å². The van der Waals surface area contributed by atoms with Crippen LogP contribution in [-0.4, -0.2) is 20.9 Å². The molecule has 0 radical (unpaired) electrons. The molecule has 1 aliphatic rings. The maximum atomic E-state index is 11.8. The Hall–Kier alpha value is -3.34. The van der Waals surface area contributed by atoms with Gasteiger partial charge in [0.05, 0.1) is 0 Å². The van der Waals surface area contributed by atoms with Crippen molar-refractivity contribution in [3.8, 4) is 11.1 Å². The first kappa shape index (κ1) is 14.0. The second-order valence-electron chi connectivity index (χ2n) is 6.34. The third kappa shape index (κ3) is 2.24. The average molecular weight is 328 g/mol. The molecule has 4 heterocycles. The fourth-order valence-electron chi connectivity index (χ4n) is 3.52. The van der Waals surface area contributed by atoms with Gasteiger partial charge in [0.15, 0.2) is 0 Å². The summed E-state index contributed by atoms with van der Waals surface area (Å²) in [6.07, 6.45) is 6.64. The molecular weight excluding hydrogens is 312 g/mol. The first-order valence-electron chi connectivity index (χ1n) is 8.28. The van der Waals surface area contributed by atoms with Crippen LogP contribution < -0.4 is 5.32 Å². The van der Waals surface area contributed by atoms with Crippen LogP contribution in [-0.2, 0) is 13.0 Å². The van der Waals surface area contributed by atoms with Crippen molar-refractivity contribution in [1.29, 1.82) is 0 Å². The highest BCUT2D eigenvalue weighted by molar-refractivity contribution is 5.99. The lowest BCUT2D eigenvalue weighted by Crippen LogP contribution is -2.13. The van der Waals surface area contributed by atoms with Gasteiger partial charge in [0.25, 0.3) is 5.91 Å². The molecule has 122 valence electrons. The van der Waals surface area contributed by atoms with Crippen LogP contribution in [0.2, 0.25) is 0 Å². The van der Waals surface area contributed by atoms with E-state index in [9.17, 15) is 4.79 Å². The highest BCUT2D eigenvalue weighted by Crippen LogP contribution is 2.31. The van der Waals surface area contributed by atoms with E-state index in [0.717, 1.165) is 34.1 Å². The van der Waals surface area contributed by atoms with Gasteiger partial charge in [0.2, 0.25) is 0 Å². The number of aromatic amines is 2. The molecule has 1 aliphatic heterocycles. The van der Waals surface area contributed by atoms with Crippen molar-refractivity contribution >= 4 is 16.9 Å². The third-order valence-electron chi connectivity index (χ3n) is 4.81. The number of H-pyrrole nitrogens is 2. The predicted octanol–water partition coefficient (Wildman–Crippen LogP) is 3.39.